The Morgan fingerprint density at radius 2 is 1.76 bits per heavy atom. The van der Waals surface area contributed by atoms with Gasteiger partial charge in [0.25, 0.3) is 0 Å². The molecule has 0 saturated heterocycles. The van der Waals surface area contributed by atoms with E-state index in [1.807, 2.05) is 0 Å². The van der Waals surface area contributed by atoms with E-state index in [-0.39, 0.29) is 6.61 Å². The van der Waals surface area contributed by atoms with Crippen molar-refractivity contribution in [2.45, 2.75) is 13.0 Å². The maximum atomic E-state index is 11.1. The number of rotatable bonds is 5. The van der Waals surface area contributed by atoms with E-state index in [2.05, 4.69) is 16.6 Å². The Hall–Kier alpha value is -2.39. The van der Waals surface area contributed by atoms with Crippen LogP contribution in [0.5, 0.6) is 17.2 Å². The maximum Gasteiger partial charge on any atom is 0.384 e. The van der Waals surface area contributed by atoms with Crippen molar-refractivity contribution in [3.05, 3.63) is 17.7 Å². The highest BCUT2D eigenvalue weighted by molar-refractivity contribution is 5.88. The Morgan fingerprint density at radius 1 is 1.19 bits per heavy atom. The van der Waals surface area contributed by atoms with Gasteiger partial charge in [-0.05, 0) is 19.1 Å². The van der Waals surface area contributed by atoms with Gasteiger partial charge in [-0.3, -0.25) is 0 Å². The molecule has 6 heteroatoms. The monoisotopic (exact) mass is 294 g/mol. The molecule has 0 fully saturated rings. The summed E-state index contributed by atoms with van der Waals surface area (Å²) in [7, 11) is 4.42. The van der Waals surface area contributed by atoms with Crippen molar-refractivity contribution in [3.8, 4) is 29.1 Å². The molecule has 114 valence electrons. The molecule has 0 bridgehead atoms. The average molecular weight is 294 g/mol. The summed E-state index contributed by atoms with van der Waals surface area (Å²) in [5.41, 5.74) is 0.418. The third-order valence-electron chi connectivity index (χ3n) is 2.59. The van der Waals surface area contributed by atoms with Gasteiger partial charge in [-0.15, -0.1) is 0 Å². The molecule has 21 heavy (non-hydrogen) atoms. The van der Waals surface area contributed by atoms with Crippen LogP contribution in [0, 0.1) is 11.8 Å². The van der Waals surface area contributed by atoms with E-state index in [0.29, 0.717) is 22.8 Å². The van der Waals surface area contributed by atoms with Crippen LogP contribution >= 0.6 is 0 Å². The number of ether oxygens (including phenoxy) is 4. The Labute approximate surface area is 123 Å². The van der Waals surface area contributed by atoms with Gasteiger partial charge in [0.2, 0.25) is 5.75 Å². The highest BCUT2D eigenvalue weighted by Crippen LogP contribution is 2.39. The maximum absolute atomic E-state index is 11.1. The fraction of sp³-hybridized carbons (Fsp3) is 0.400. The molecule has 0 spiro atoms. The number of aliphatic hydroxyl groups excluding tert-OH is 1. The van der Waals surface area contributed by atoms with Gasteiger partial charge < -0.3 is 24.1 Å². The molecule has 0 saturated carbocycles. The van der Waals surface area contributed by atoms with Gasteiger partial charge in [0.05, 0.1) is 27.9 Å². The van der Waals surface area contributed by atoms with Gasteiger partial charge in [-0.1, -0.05) is 5.92 Å². The van der Waals surface area contributed by atoms with Crippen LogP contribution in [0.15, 0.2) is 12.1 Å². The third-order valence-corrected chi connectivity index (χ3v) is 2.59. The highest BCUT2D eigenvalue weighted by atomic mass is 16.5. The normalized spacial score (nSPS) is 10.9. The lowest BCUT2D eigenvalue weighted by Crippen LogP contribution is -2.02. The number of carbonyl (C=O) groups excluding carboxylic acids is 1. The van der Waals surface area contributed by atoms with Gasteiger partial charge in [-0.25, -0.2) is 4.79 Å². The summed E-state index contributed by atoms with van der Waals surface area (Å²) >= 11 is 0. The summed E-state index contributed by atoms with van der Waals surface area (Å²) in [4.78, 5) is 11.1. The smallest absolute Gasteiger partial charge is 0.384 e. The lowest BCUT2D eigenvalue weighted by Gasteiger charge is -2.14. The van der Waals surface area contributed by atoms with Crippen LogP contribution in [-0.4, -0.2) is 39.0 Å². The van der Waals surface area contributed by atoms with Crippen LogP contribution in [0.1, 0.15) is 18.6 Å². The minimum atomic E-state index is -1.18. The molecule has 1 rings (SSSR count). The second kappa shape index (κ2) is 8.02. The van der Waals surface area contributed by atoms with Crippen molar-refractivity contribution in [3.63, 3.8) is 0 Å². The minimum absolute atomic E-state index is 0.230. The molecule has 6 nitrogen and oxygen atoms in total. The lowest BCUT2D eigenvalue weighted by molar-refractivity contribution is -0.136. The van der Waals surface area contributed by atoms with Crippen molar-refractivity contribution < 1.29 is 28.8 Å². The van der Waals surface area contributed by atoms with Gasteiger partial charge in [0.1, 0.15) is 6.10 Å². The zero-order valence-corrected chi connectivity index (χ0v) is 12.4. The molecular formula is C15H18O6. The van der Waals surface area contributed by atoms with Gasteiger partial charge in [0, 0.05) is 11.5 Å². The molecule has 0 radical (unpaired) electrons. The van der Waals surface area contributed by atoms with Crippen LogP contribution in [0.3, 0.4) is 0 Å². The molecule has 0 amide bonds. The van der Waals surface area contributed by atoms with Gasteiger partial charge in [0.15, 0.2) is 11.5 Å². The first-order valence-electron chi connectivity index (χ1n) is 6.23. The third kappa shape index (κ3) is 4.29. The first kappa shape index (κ1) is 16.7. The average Bonchev–Trinajstić information content (AvgIpc) is 2.51. The van der Waals surface area contributed by atoms with Crippen LogP contribution in [0.4, 0.5) is 0 Å². The van der Waals surface area contributed by atoms with E-state index in [1.54, 1.807) is 19.1 Å². The second-order valence-corrected chi connectivity index (χ2v) is 3.85. The quantitative estimate of drug-likeness (QED) is 0.501. The molecule has 0 aliphatic rings. The molecule has 1 unspecified atom stereocenters. The number of methoxy groups -OCH3 is 3. The van der Waals surface area contributed by atoms with Crippen molar-refractivity contribution >= 4 is 5.97 Å². The van der Waals surface area contributed by atoms with Crippen molar-refractivity contribution in [2.75, 3.05) is 27.9 Å². The van der Waals surface area contributed by atoms with Crippen molar-refractivity contribution in [2.24, 2.45) is 0 Å². The molecule has 0 aliphatic heterocycles. The van der Waals surface area contributed by atoms with Gasteiger partial charge in [-0.2, -0.15) is 0 Å². The fourth-order valence-corrected chi connectivity index (χ4v) is 1.64. The molecule has 0 heterocycles. The molecule has 0 aromatic heterocycles. The fourth-order valence-electron chi connectivity index (χ4n) is 1.64. The van der Waals surface area contributed by atoms with Crippen LogP contribution in [0.2, 0.25) is 0 Å². The van der Waals surface area contributed by atoms with Gasteiger partial charge >= 0.3 is 5.97 Å². The molecular weight excluding hydrogens is 276 g/mol. The van der Waals surface area contributed by atoms with E-state index in [1.165, 1.54) is 21.3 Å². The Balaban J connectivity index is 3.10. The standard InChI is InChI=1S/C15H18O6/c1-5-21-14(17)7-6-11(16)10-8-12(18-2)15(20-4)13(9-10)19-3/h8-9,11,16H,5H2,1-4H3. The number of carbonyl (C=O) groups is 1. The molecule has 0 aliphatic carbocycles. The van der Waals surface area contributed by atoms with Crippen LogP contribution in [0.25, 0.3) is 0 Å². The summed E-state index contributed by atoms with van der Waals surface area (Å²) in [6.07, 6.45) is -1.18. The van der Waals surface area contributed by atoms with Crippen LogP contribution < -0.4 is 14.2 Å². The van der Waals surface area contributed by atoms with E-state index < -0.39 is 12.1 Å². The van der Waals surface area contributed by atoms with Crippen molar-refractivity contribution in [1.82, 2.24) is 0 Å². The predicted octanol–water partition coefficient (Wildman–Crippen LogP) is 1.31. The summed E-state index contributed by atoms with van der Waals surface area (Å²) in [6, 6.07) is 3.12. The molecule has 1 atom stereocenters. The van der Waals surface area contributed by atoms with E-state index >= 15 is 0 Å². The summed E-state index contributed by atoms with van der Waals surface area (Å²) in [5, 5.41) is 10.0. The molecule has 1 aromatic rings. The molecule has 1 N–H and O–H groups in total. The largest absolute Gasteiger partial charge is 0.493 e. The number of esters is 1. The first-order chi connectivity index (χ1) is 10.1. The summed E-state index contributed by atoms with van der Waals surface area (Å²) < 4.78 is 20.2. The second-order valence-electron chi connectivity index (χ2n) is 3.85. The zero-order valence-electron chi connectivity index (χ0n) is 12.4. The lowest BCUT2D eigenvalue weighted by atomic mass is 10.1. The Bertz CT molecular complexity index is 530. The van der Waals surface area contributed by atoms with E-state index in [9.17, 15) is 9.90 Å². The SMILES string of the molecule is CCOC(=O)C#CC(O)c1cc(OC)c(OC)c(OC)c1. The number of aliphatic hydroxyl groups is 1. The van der Waals surface area contributed by atoms with Crippen LogP contribution in [-0.2, 0) is 9.53 Å². The number of benzene rings is 1. The molecule has 1 aromatic carbocycles. The Morgan fingerprint density at radius 3 is 2.19 bits per heavy atom. The summed E-state index contributed by atoms with van der Waals surface area (Å²) in [6.45, 7) is 1.91. The summed E-state index contributed by atoms with van der Waals surface area (Å²) in [5.74, 6) is 5.12. The number of hydrogen-bond donors (Lipinski definition) is 1. The Kier molecular flexibility index (Phi) is 6.37. The highest BCUT2D eigenvalue weighted by Gasteiger charge is 2.16. The first-order valence-corrected chi connectivity index (χ1v) is 6.23. The minimum Gasteiger partial charge on any atom is -0.493 e. The zero-order chi connectivity index (χ0) is 15.8. The van der Waals surface area contributed by atoms with E-state index in [0.717, 1.165) is 0 Å². The predicted molar refractivity (Wildman–Crippen MR) is 75.5 cm³/mol. The number of hydrogen-bond acceptors (Lipinski definition) is 6. The van der Waals surface area contributed by atoms with E-state index in [4.69, 9.17) is 14.2 Å². The van der Waals surface area contributed by atoms with Crippen molar-refractivity contribution in [1.29, 1.82) is 0 Å². The topological polar surface area (TPSA) is 74.2 Å².